The molecular formula is C28H22F2I2N2O2. The average molecular weight is 710 g/mol. The van der Waals surface area contributed by atoms with E-state index < -0.39 is 0 Å². The molecule has 0 saturated heterocycles. The fourth-order valence-electron chi connectivity index (χ4n) is 2.76. The number of hydrogen-bond acceptors (Lipinski definition) is 4. The second-order valence-electron chi connectivity index (χ2n) is 6.72. The molecule has 8 heteroatoms. The van der Waals surface area contributed by atoms with Crippen LogP contribution in [0.3, 0.4) is 0 Å². The SMILES string of the molecule is COc1ccc([I+]c2cccc(C#N)c2)cc1.COc1ccc([I+]c2ccccc2C#N)cc1.[F-].[F-]. The Balaban J connectivity index is 0.000000341. The number of hydrogen-bond donors (Lipinski definition) is 0. The lowest BCUT2D eigenvalue weighted by molar-refractivity contribution is -0.598. The van der Waals surface area contributed by atoms with E-state index in [1.807, 2.05) is 66.7 Å². The van der Waals surface area contributed by atoms with Gasteiger partial charge in [-0.1, -0.05) is 18.2 Å². The monoisotopic (exact) mass is 710 g/mol. The second-order valence-corrected chi connectivity index (χ2v) is 12.7. The highest BCUT2D eigenvalue weighted by Crippen LogP contribution is 2.07. The maximum absolute atomic E-state index is 9.03. The Morgan fingerprint density at radius 1 is 0.583 bits per heavy atom. The summed E-state index contributed by atoms with van der Waals surface area (Å²) in [5.74, 6) is 1.75. The second kappa shape index (κ2) is 16.5. The van der Waals surface area contributed by atoms with Gasteiger partial charge in [-0.15, -0.1) is 0 Å². The Morgan fingerprint density at radius 2 is 1.14 bits per heavy atom. The molecule has 0 N–H and O–H groups in total. The summed E-state index contributed by atoms with van der Waals surface area (Å²) in [5.41, 5.74) is 1.52. The summed E-state index contributed by atoms with van der Waals surface area (Å²) >= 11 is -0.514. The topological polar surface area (TPSA) is 66.0 Å². The Morgan fingerprint density at radius 3 is 1.67 bits per heavy atom. The molecule has 184 valence electrons. The van der Waals surface area contributed by atoms with Crippen LogP contribution >= 0.6 is 0 Å². The molecule has 0 radical (unpaired) electrons. The van der Waals surface area contributed by atoms with E-state index in [-0.39, 0.29) is 51.8 Å². The zero-order chi connectivity index (χ0) is 24.2. The fraction of sp³-hybridized carbons (Fsp3) is 0.0714. The highest BCUT2D eigenvalue weighted by Gasteiger charge is 2.19. The van der Waals surface area contributed by atoms with Gasteiger partial charge in [-0.05, 0) is 72.8 Å². The molecule has 0 fully saturated rings. The molecule has 0 spiro atoms. The molecular weight excluding hydrogens is 688 g/mol. The summed E-state index contributed by atoms with van der Waals surface area (Å²) in [5, 5.41) is 17.9. The van der Waals surface area contributed by atoms with Crippen molar-refractivity contribution in [2.45, 2.75) is 0 Å². The molecule has 4 rings (SSSR count). The standard InChI is InChI=1S/2C14H11INO.2FH/c1-17-14-7-5-12(6-8-14)15-13-4-2-3-11(9-13)10-16;1-17-13-8-6-12(7-9-13)15-14-5-3-2-4-11(14)10-16;;/h2*2-9H,1H3;2*1H/q2*+1;;/p-2. The van der Waals surface area contributed by atoms with Crippen LogP contribution in [0.1, 0.15) is 11.1 Å². The molecule has 0 aliphatic heterocycles. The summed E-state index contributed by atoms with van der Waals surface area (Å²) in [6, 6.07) is 36.2. The zero-order valence-electron chi connectivity index (χ0n) is 19.5. The number of nitrogens with zero attached hydrogens (tertiary/aromatic N) is 2. The van der Waals surface area contributed by atoms with Crippen molar-refractivity contribution in [1.29, 1.82) is 10.5 Å². The van der Waals surface area contributed by atoms with E-state index in [0.29, 0.717) is 0 Å². The third kappa shape index (κ3) is 9.44. The number of rotatable bonds is 6. The van der Waals surface area contributed by atoms with Crippen LogP contribution in [-0.4, -0.2) is 14.2 Å². The van der Waals surface area contributed by atoms with Gasteiger partial charge >= 0.3 is 42.4 Å². The first-order chi connectivity index (χ1) is 16.6. The van der Waals surface area contributed by atoms with Crippen molar-refractivity contribution in [3.05, 3.63) is 122 Å². The molecule has 4 aromatic carbocycles. The number of methoxy groups -OCH3 is 2. The first kappa shape index (κ1) is 30.8. The van der Waals surface area contributed by atoms with Crippen molar-refractivity contribution in [2.24, 2.45) is 0 Å². The Labute approximate surface area is 230 Å². The third-order valence-corrected chi connectivity index (χ3v) is 9.98. The quantitative estimate of drug-likeness (QED) is 0.187. The van der Waals surface area contributed by atoms with Crippen LogP contribution in [0.4, 0.5) is 0 Å². The van der Waals surface area contributed by atoms with Crippen LogP contribution in [0.2, 0.25) is 0 Å². The van der Waals surface area contributed by atoms with Gasteiger partial charge in [-0.3, -0.25) is 0 Å². The maximum atomic E-state index is 9.03. The first-order valence-corrected chi connectivity index (χ1v) is 14.5. The van der Waals surface area contributed by atoms with E-state index in [1.54, 1.807) is 14.2 Å². The number of nitriles is 2. The fourth-order valence-corrected chi connectivity index (χ4v) is 7.45. The predicted octanol–water partition coefficient (Wildman–Crippen LogP) is -6.60. The highest BCUT2D eigenvalue weighted by atomic mass is 127. The minimum absolute atomic E-state index is 0. The predicted molar refractivity (Wildman–Crippen MR) is 123 cm³/mol. The van der Waals surface area contributed by atoms with Crippen LogP contribution in [0.5, 0.6) is 11.5 Å². The van der Waals surface area contributed by atoms with Gasteiger partial charge in [-0.2, -0.15) is 10.5 Å². The zero-order valence-corrected chi connectivity index (χ0v) is 23.8. The van der Waals surface area contributed by atoms with Crippen molar-refractivity contribution in [3.63, 3.8) is 0 Å². The summed E-state index contributed by atoms with van der Waals surface area (Å²) in [7, 11) is 3.33. The van der Waals surface area contributed by atoms with E-state index in [9.17, 15) is 0 Å². The summed E-state index contributed by atoms with van der Waals surface area (Å²) < 4.78 is 15.3. The van der Waals surface area contributed by atoms with Gasteiger partial charge in [0.25, 0.3) is 0 Å². The van der Waals surface area contributed by atoms with E-state index in [0.717, 1.165) is 22.6 Å². The molecule has 0 unspecified atom stereocenters. The normalized spacial score (nSPS) is 9.11. The smallest absolute Gasteiger partial charge is 0.359 e. The average Bonchev–Trinajstić information content (AvgIpc) is 2.90. The summed E-state index contributed by atoms with van der Waals surface area (Å²) in [6.07, 6.45) is 0. The van der Waals surface area contributed by atoms with E-state index in [1.165, 1.54) is 14.3 Å². The van der Waals surface area contributed by atoms with Gasteiger partial charge in [0.1, 0.15) is 23.1 Å². The van der Waals surface area contributed by atoms with Crippen molar-refractivity contribution in [3.8, 4) is 23.6 Å². The molecule has 0 heterocycles. The van der Waals surface area contributed by atoms with Crippen molar-refractivity contribution in [2.75, 3.05) is 14.2 Å². The minimum Gasteiger partial charge on any atom is -1.00 e. The molecule has 0 aliphatic carbocycles. The number of halogens is 4. The molecule has 0 aliphatic rings. The lowest BCUT2D eigenvalue weighted by Crippen LogP contribution is -3.61. The highest BCUT2D eigenvalue weighted by molar-refractivity contribution is 5.28. The van der Waals surface area contributed by atoms with Crippen LogP contribution in [0.25, 0.3) is 0 Å². The van der Waals surface area contributed by atoms with Crippen LogP contribution in [-0.2, 0) is 0 Å². The Hall–Kier alpha value is -3.22. The van der Waals surface area contributed by atoms with E-state index in [4.69, 9.17) is 20.0 Å². The van der Waals surface area contributed by atoms with Crippen molar-refractivity contribution >= 4 is 0 Å². The third-order valence-electron chi connectivity index (χ3n) is 4.48. The van der Waals surface area contributed by atoms with Crippen molar-refractivity contribution in [1.82, 2.24) is 0 Å². The number of ether oxygens (including phenoxy) is 2. The van der Waals surface area contributed by atoms with E-state index in [2.05, 4.69) is 42.5 Å². The summed E-state index contributed by atoms with van der Waals surface area (Å²) in [6.45, 7) is 0. The van der Waals surface area contributed by atoms with Gasteiger partial charge in [0, 0.05) is 6.07 Å². The first-order valence-electron chi connectivity index (χ1n) is 10.2. The molecule has 4 aromatic rings. The van der Waals surface area contributed by atoms with Crippen LogP contribution < -0.4 is 61.3 Å². The Bertz CT molecular complexity index is 1300. The van der Waals surface area contributed by atoms with Crippen LogP contribution in [0.15, 0.2) is 97.1 Å². The molecule has 0 aromatic heterocycles. The molecule has 0 amide bonds. The number of benzene rings is 4. The maximum Gasteiger partial charge on any atom is 0.359 e. The largest absolute Gasteiger partial charge is 1.00 e. The van der Waals surface area contributed by atoms with Gasteiger partial charge in [0.2, 0.25) is 3.57 Å². The molecule has 0 bridgehead atoms. The van der Waals surface area contributed by atoms with Crippen molar-refractivity contribution < 1.29 is 61.3 Å². The molecule has 4 nitrogen and oxygen atoms in total. The minimum atomic E-state index is -0.296. The Kier molecular flexibility index (Phi) is 14.1. The van der Waals surface area contributed by atoms with Gasteiger partial charge in [0.05, 0.1) is 25.9 Å². The molecule has 36 heavy (non-hydrogen) atoms. The molecule has 0 saturated carbocycles. The summed E-state index contributed by atoms with van der Waals surface area (Å²) in [4.78, 5) is 0. The van der Waals surface area contributed by atoms with Crippen LogP contribution in [0, 0.1) is 36.9 Å². The lowest BCUT2D eigenvalue weighted by atomic mass is 10.2. The molecule has 0 atom stereocenters. The lowest BCUT2D eigenvalue weighted by Gasteiger charge is -1.96. The van der Waals surface area contributed by atoms with E-state index >= 15 is 0 Å². The van der Waals surface area contributed by atoms with Gasteiger partial charge in [-0.25, -0.2) is 0 Å². The van der Waals surface area contributed by atoms with Gasteiger partial charge in [0.15, 0.2) is 10.7 Å². The van der Waals surface area contributed by atoms with Gasteiger partial charge < -0.3 is 18.9 Å².